The van der Waals surface area contributed by atoms with Crippen molar-refractivity contribution in [2.45, 2.75) is 122 Å². The number of hydrogen-bond donors (Lipinski definition) is 3. The lowest BCUT2D eigenvalue weighted by Crippen LogP contribution is -2.29. The Morgan fingerprint density at radius 1 is 0.564 bits per heavy atom. The molecule has 3 N–H and O–H groups in total. The lowest BCUT2D eigenvalue weighted by Gasteiger charge is -2.18. The molecule has 0 saturated heterocycles. The summed E-state index contributed by atoms with van der Waals surface area (Å²) in [5.41, 5.74) is 0. The minimum Gasteiger partial charge on any atom is -0.462 e. The predicted octanol–water partition coefficient (Wildman–Crippen LogP) is 10.9. The molecule has 0 aromatic heterocycles. The molecule has 2 atom stereocenters. The zero-order chi connectivity index (χ0) is 40.5. The van der Waals surface area contributed by atoms with Crippen LogP contribution < -0.4 is 0 Å². The largest absolute Gasteiger partial charge is 0.469 e. The van der Waals surface area contributed by atoms with E-state index in [0.717, 1.165) is 57.8 Å². The Bertz CT molecular complexity index is 1360. The number of hydrogen-bond acceptors (Lipinski definition) is 7. The van der Waals surface area contributed by atoms with Gasteiger partial charge in [0.05, 0.1) is 12.7 Å². The number of aliphatic hydroxyl groups is 1. The van der Waals surface area contributed by atoms with Crippen molar-refractivity contribution in [3.8, 4) is 0 Å². The zero-order valence-electron chi connectivity index (χ0n) is 33.1. The summed E-state index contributed by atoms with van der Waals surface area (Å²) < 4.78 is 26.2. The van der Waals surface area contributed by atoms with Gasteiger partial charge in [-0.15, -0.1) is 0 Å². The lowest BCUT2D eigenvalue weighted by molar-refractivity contribution is -0.161. The van der Waals surface area contributed by atoms with E-state index in [-0.39, 0.29) is 12.8 Å². The summed E-state index contributed by atoms with van der Waals surface area (Å²) >= 11 is 0. The number of ether oxygens (including phenoxy) is 2. The monoisotopic (exact) mass is 782 g/mol. The van der Waals surface area contributed by atoms with Crippen LogP contribution in [0.25, 0.3) is 0 Å². The van der Waals surface area contributed by atoms with E-state index in [1.165, 1.54) is 0 Å². The van der Waals surface area contributed by atoms with E-state index < -0.39 is 45.2 Å². The highest BCUT2D eigenvalue weighted by atomic mass is 31.2. The second-order valence-electron chi connectivity index (χ2n) is 12.3. The van der Waals surface area contributed by atoms with Crippen LogP contribution >= 0.6 is 7.82 Å². The van der Waals surface area contributed by atoms with Crippen LogP contribution in [0.2, 0.25) is 0 Å². The summed E-state index contributed by atoms with van der Waals surface area (Å²) in [7, 11) is -4.82. The van der Waals surface area contributed by atoms with Gasteiger partial charge in [0.25, 0.3) is 0 Å². The topological polar surface area (TPSA) is 140 Å². The van der Waals surface area contributed by atoms with E-state index in [1.807, 2.05) is 24.3 Å². The molecule has 0 heterocycles. The Morgan fingerprint density at radius 2 is 1.04 bits per heavy atom. The van der Waals surface area contributed by atoms with Gasteiger partial charge in [-0.1, -0.05) is 148 Å². The molecule has 0 aromatic rings. The molecule has 0 aromatic carbocycles. The van der Waals surface area contributed by atoms with Crippen LogP contribution in [0.4, 0.5) is 0 Å². The summed E-state index contributed by atoms with van der Waals surface area (Å²) in [4.78, 5) is 42.7. The number of esters is 2. The van der Waals surface area contributed by atoms with Crippen LogP contribution in [-0.2, 0) is 28.2 Å². The second-order valence-corrected chi connectivity index (χ2v) is 13.6. The van der Waals surface area contributed by atoms with Crippen LogP contribution in [0.15, 0.2) is 134 Å². The van der Waals surface area contributed by atoms with Crippen LogP contribution in [0.5, 0.6) is 0 Å². The van der Waals surface area contributed by atoms with Crippen molar-refractivity contribution < 1.29 is 43.0 Å². The van der Waals surface area contributed by atoms with Gasteiger partial charge >= 0.3 is 19.8 Å². The van der Waals surface area contributed by atoms with Crippen molar-refractivity contribution in [3.63, 3.8) is 0 Å². The zero-order valence-corrected chi connectivity index (χ0v) is 34.0. The van der Waals surface area contributed by atoms with Crippen LogP contribution in [-0.4, -0.2) is 52.3 Å². The fraction of sp³-hybridized carbons (Fsp3) is 0.467. The van der Waals surface area contributed by atoms with Crippen LogP contribution in [0.3, 0.4) is 0 Å². The average Bonchev–Trinajstić information content (AvgIpc) is 3.15. The number of allylic oxidation sites excluding steroid dienone is 20. The summed E-state index contributed by atoms with van der Waals surface area (Å²) in [5, 5.41) is 10.1. The third-order valence-corrected chi connectivity index (χ3v) is 7.74. The Morgan fingerprint density at radius 3 is 1.55 bits per heavy atom. The lowest BCUT2D eigenvalue weighted by atomic mass is 10.2. The molecule has 0 aliphatic rings. The average molecular weight is 783 g/mol. The Labute approximate surface area is 331 Å². The normalized spacial score (nSPS) is 14.5. The third-order valence-electron chi connectivity index (χ3n) is 7.26. The van der Waals surface area contributed by atoms with E-state index >= 15 is 0 Å². The fourth-order valence-electron chi connectivity index (χ4n) is 4.40. The number of rotatable bonds is 33. The first-order valence-corrected chi connectivity index (χ1v) is 21.1. The highest BCUT2D eigenvalue weighted by Gasteiger charge is 2.22. The molecule has 0 rings (SSSR count). The first-order valence-electron chi connectivity index (χ1n) is 19.6. The van der Waals surface area contributed by atoms with E-state index in [1.54, 1.807) is 24.3 Å². The minimum atomic E-state index is -4.82. The SMILES string of the molecule is CC/C=C\C/C=C\C/C=C\C/C=C\C=C/C(O)C/C=C\CCC(=O)OC[C@H](COP(=O)(O)O)OC(=O)CCC/C=C\C/C=C\C/C=C\C/C=C\C/C=C\CC. The first-order chi connectivity index (χ1) is 26.7. The fourth-order valence-corrected chi connectivity index (χ4v) is 4.76. The van der Waals surface area contributed by atoms with E-state index in [9.17, 15) is 19.3 Å². The molecule has 0 amide bonds. The van der Waals surface area contributed by atoms with Gasteiger partial charge in [-0.25, -0.2) is 4.57 Å². The second kappa shape index (κ2) is 38.4. The molecular formula is C45H67O9P. The van der Waals surface area contributed by atoms with Crippen molar-refractivity contribution in [1.29, 1.82) is 0 Å². The van der Waals surface area contributed by atoms with Crippen LogP contribution in [0.1, 0.15) is 110 Å². The summed E-state index contributed by atoms with van der Waals surface area (Å²) in [6.45, 7) is 3.22. The summed E-state index contributed by atoms with van der Waals surface area (Å²) in [6.07, 6.45) is 53.5. The number of carbonyl (C=O) groups is 2. The Kier molecular flexibility index (Phi) is 35.7. The molecule has 0 radical (unpaired) electrons. The maximum absolute atomic E-state index is 12.4. The molecule has 1 unspecified atom stereocenters. The molecule has 55 heavy (non-hydrogen) atoms. The maximum atomic E-state index is 12.4. The van der Waals surface area contributed by atoms with Gasteiger partial charge in [0, 0.05) is 12.8 Å². The van der Waals surface area contributed by atoms with E-state index in [4.69, 9.17) is 19.3 Å². The van der Waals surface area contributed by atoms with Gasteiger partial charge in [0.2, 0.25) is 0 Å². The highest BCUT2D eigenvalue weighted by Crippen LogP contribution is 2.35. The first kappa shape index (κ1) is 51.1. The molecular weight excluding hydrogens is 715 g/mol. The van der Waals surface area contributed by atoms with Crippen molar-refractivity contribution in [1.82, 2.24) is 0 Å². The van der Waals surface area contributed by atoms with E-state index in [0.29, 0.717) is 25.7 Å². The molecule has 10 heteroatoms. The molecule has 0 bridgehead atoms. The Hall–Kier alpha value is -3.85. The highest BCUT2D eigenvalue weighted by molar-refractivity contribution is 7.46. The van der Waals surface area contributed by atoms with Crippen molar-refractivity contribution in [2.75, 3.05) is 13.2 Å². The number of carbonyl (C=O) groups excluding carboxylic acids is 2. The minimum absolute atomic E-state index is 0.0393. The molecule has 0 spiro atoms. The van der Waals surface area contributed by atoms with Crippen molar-refractivity contribution >= 4 is 19.8 Å². The van der Waals surface area contributed by atoms with Gasteiger partial charge in [-0.2, -0.15) is 0 Å². The van der Waals surface area contributed by atoms with Crippen molar-refractivity contribution in [3.05, 3.63) is 134 Å². The summed E-state index contributed by atoms with van der Waals surface area (Å²) in [6, 6.07) is 0. The maximum Gasteiger partial charge on any atom is 0.469 e. The molecule has 306 valence electrons. The Balaban J connectivity index is 4.31. The van der Waals surface area contributed by atoms with Gasteiger partial charge in [-0.3, -0.25) is 14.1 Å². The molecule has 0 aliphatic carbocycles. The van der Waals surface area contributed by atoms with Gasteiger partial charge < -0.3 is 24.4 Å². The molecule has 0 fully saturated rings. The molecule has 9 nitrogen and oxygen atoms in total. The molecule has 0 saturated carbocycles. The smallest absolute Gasteiger partial charge is 0.462 e. The van der Waals surface area contributed by atoms with E-state index in [2.05, 4.69) is 103 Å². The van der Waals surface area contributed by atoms with Gasteiger partial charge in [0.1, 0.15) is 6.61 Å². The summed E-state index contributed by atoms with van der Waals surface area (Å²) in [5.74, 6) is -1.15. The number of unbranched alkanes of at least 4 members (excludes halogenated alkanes) is 1. The number of phosphoric acid groups is 1. The predicted molar refractivity (Wildman–Crippen MR) is 226 cm³/mol. The van der Waals surface area contributed by atoms with Gasteiger partial charge in [0.15, 0.2) is 6.10 Å². The van der Waals surface area contributed by atoms with Gasteiger partial charge in [-0.05, 0) is 83.5 Å². The molecule has 0 aliphatic heterocycles. The third kappa shape index (κ3) is 41.2. The van der Waals surface area contributed by atoms with Crippen LogP contribution in [0, 0.1) is 0 Å². The number of aliphatic hydroxyl groups excluding tert-OH is 1. The number of phosphoric ester groups is 1. The standard InChI is InChI=1S/C45H67O9P/c1-3-5-7-9-11-13-15-17-18-19-20-22-24-26-28-30-34-39-45(48)54-43(41-53-55(49,50)51)40-52-44(47)38-35-31-33-37-42(46)36-32-29-27-25-23-21-16-14-12-10-8-6-4-2/h5-8,11-14,17-18,20-23,26-29,31-33,36,42-43,46H,3-4,9-10,15-16,19,24-25,30,34-35,37-41H2,1-2H3,(H2,49,50,51)/b7-5-,8-6-,13-11-,14-12-,18-17-,22-20-,23-21-,28-26-,29-27-,33-31-,36-32-/t42?,43-/m1/s1. The quantitative estimate of drug-likeness (QED) is 0.0195. The van der Waals surface area contributed by atoms with Crippen molar-refractivity contribution in [2.24, 2.45) is 0 Å².